The number of thiazole rings is 1. The average Bonchev–Trinajstić information content (AvgIpc) is 3.41. The van der Waals surface area contributed by atoms with Crippen LogP contribution in [0, 0.1) is 6.92 Å². The molecule has 5 rings (SSSR count). The second-order valence-corrected chi connectivity index (χ2v) is 10.3. The van der Waals surface area contributed by atoms with Crippen LogP contribution in [0.5, 0.6) is 0 Å². The topological polar surface area (TPSA) is 84.5 Å². The Bertz CT molecular complexity index is 1710. The van der Waals surface area contributed by atoms with Crippen LogP contribution >= 0.6 is 11.3 Å². The maximum atomic E-state index is 13.8. The van der Waals surface area contributed by atoms with Crippen molar-refractivity contribution in [2.24, 2.45) is 12.0 Å². The molecule has 8 nitrogen and oxygen atoms in total. The van der Waals surface area contributed by atoms with E-state index in [1.807, 2.05) is 101 Å². The fourth-order valence-electron chi connectivity index (χ4n) is 4.45. The molecule has 0 aliphatic carbocycles. The van der Waals surface area contributed by atoms with E-state index in [9.17, 15) is 9.59 Å². The Labute approximate surface area is 218 Å². The zero-order valence-corrected chi connectivity index (χ0v) is 22.2. The molecular weight excluding hydrogens is 484 g/mol. The highest BCUT2D eigenvalue weighted by Crippen LogP contribution is 2.32. The maximum Gasteiger partial charge on any atom is 0.271 e. The zero-order valence-electron chi connectivity index (χ0n) is 21.4. The van der Waals surface area contributed by atoms with Crippen LogP contribution in [0.2, 0.25) is 0 Å². The normalized spacial score (nSPS) is 15.4. The van der Waals surface area contributed by atoms with Gasteiger partial charge in [0.1, 0.15) is 0 Å². The summed E-state index contributed by atoms with van der Waals surface area (Å²) < 4.78 is 3.86. The van der Waals surface area contributed by atoms with Crippen LogP contribution in [-0.2, 0) is 11.8 Å². The van der Waals surface area contributed by atoms with Gasteiger partial charge in [0, 0.05) is 44.3 Å². The molecule has 2 aromatic carbocycles. The first-order chi connectivity index (χ1) is 17.7. The summed E-state index contributed by atoms with van der Waals surface area (Å²) in [6, 6.07) is 14.9. The lowest BCUT2D eigenvalue weighted by Gasteiger charge is -2.26. The molecule has 2 aromatic heterocycles. The predicted octanol–water partition coefficient (Wildman–Crippen LogP) is 2.98. The number of amides is 1. The summed E-state index contributed by atoms with van der Waals surface area (Å²) in [5, 5.41) is 7.24. The van der Waals surface area contributed by atoms with Crippen LogP contribution in [0.15, 0.2) is 82.0 Å². The number of aromatic nitrogens is 3. The van der Waals surface area contributed by atoms with Crippen molar-refractivity contribution in [3.05, 3.63) is 109 Å². The molecule has 4 aromatic rings. The highest BCUT2D eigenvalue weighted by molar-refractivity contribution is 7.07. The van der Waals surface area contributed by atoms with E-state index in [0.29, 0.717) is 20.6 Å². The number of hydrogen-bond acceptors (Lipinski definition) is 6. The molecule has 0 spiro atoms. The lowest BCUT2D eigenvalue weighted by atomic mass is 9.94. The molecule has 37 heavy (non-hydrogen) atoms. The smallest absolute Gasteiger partial charge is 0.271 e. The minimum Gasteiger partial charge on any atom is -0.378 e. The number of allylic oxidation sites excluding steroid dienone is 1. The van der Waals surface area contributed by atoms with Gasteiger partial charge in [-0.15, -0.1) is 0 Å². The van der Waals surface area contributed by atoms with Gasteiger partial charge >= 0.3 is 0 Å². The molecule has 3 heterocycles. The first kappa shape index (κ1) is 24.5. The number of carbonyl (C=O) groups excluding carboxylic acids is 1. The third-order valence-corrected chi connectivity index (χ3v) is 7.39. The quantitative estimate of drug-likeness (QED) is 0.446. The summed E-state index contributed by atoms with van der Waals surface area (Å²) in [4.78, 5) is 34.8. The standard InChI is InChI=1S/C28H28N6O2S/c1-17-8-6-7-9-22(17)31-26(35)24-18(2)30-28-34(25(24)20-10-12-21(13-11-20)32(3)4)27(36)23(37-28)14-19-15-29-33(5)16-19/h6-16,25H,1-5H3,(H,31,35)/b23-14+. The van der Waals surface area contributed by atoms with Gasteiger partial charge in [0.15, 0.2) is 4.80 Å². The van der Waals surface area contributed by atoms with Gasteiger partial charge in [-0.2, -0.15) is 5.10 Å². The fourth-order valence-corrected chi connectivity index (χ4v) is 5.50. The van der Waals surface area contributed by atoms with Crippen LogP contribution in [0.25, 0.3) is 6.08 Å². The van der Waals surface area contributed by atoms with Gasteiger partial charge in [0.2, 0.25) is 0 Å². The second-order valence-electron chi connectivity index (χ2n) is 9.28. The van der Waals surface area contributed by atoms with Crippen molar-refractivity contribution >= 4 is 34.7 Å². The molecule has 1 aliphatic rings. The summed E-state index contributed by atoms with van der Waals surface area (Å²) in [5.41, 5.74) is 5.21. The zero-order chi connectivity index (χ0) is 26.3. The van der Waals surface area contributed by atoms with Crippen LogP contribution < -0.4 is 25.1 Å². The summed E-state index contributed by atoms with van der Waals surface area (Å²) >= 11 is 1.31. The number of hydrogen-bond donors (Lipinski definition) is 1. The number of para-hydroxylation sites is 1. The molecule has 188 valence electrons. The number of rotatable bonds is 5. The molecule has 1 aliphatic heterocycles. The van der Waals surface area contributed by atoms with Gasteiger partial charge in [0.05, 0.1) is 28.0 Å². The van der Waals surface area contributed by atoms with E-state index in [1.165, 1.54) is 11.3 Å². The van der Waals surface area contributed by atoms with E-state index in [-0.39, 0.29) is 11.5 Å². The van der Waals surface area contributed by atoms with Crippen LogP contribution in [0.4, 0.5) is 11.4 Å². The molecule has 1 unspecified atom stereocenters. The monoisotopic (exact) mass is 512 g/mol. The van der Waals surface area contributed by atoms with E-state index in [4.69, 9.17) is 4.99 Å². The first-order valence-corrected chi connectivity index (χ1v) is 12.7. The average molecular weight is 513 g/mol. The lowest BCUT2D eigenvalue weighted by molar-refractivity contribution is -0.113. The molecule has 1 amide bonds. The minimum atomic E-state index is -0.618. The van der Waals surface area contributed by atoms with Gasteiger partial charge in [-0.05, 0) is 49.2 Å². The van der Waals surface area contributed by atoms with Crippen LogP contribution in [-0.4, -0.2) is 34.4 Å². The third kappa shape index (κ3) is 4.65. The van der Waals surface area contributed by atoms with E-state index >= 15 is 0 Å². The van der Waals surface area contributed by atoms with Gasteiger partial charge in [-0.25, -0.2) is 4.99 Å². The van der Waals surface area contributed by atoms with E-state index in [1.54, 1.807) is 15.4 Å². The van der Waals surface area contributed by atoms with Crippen molar-refractivity contribution in [2.45, 2.75) is 19.9 Å². The number of nitrogens with one attached hydrogen (secondary N) is 1. The van der Waals surface area contributed by atoms with E-state index in [2.05, 4.69) is 10.4 Å². The maximum absolute atomic E-state index is 13.8. The fraction of sp³-hybridized carbons (Fsp3) is 0.214. The highest BCUT2D eigenvalue weighted by atomic mass is 32.1. The van der Waals surface area contributed by atoms with Crippen molar-refractivity contribution in [2.75, 3.05) is 24.3 Å². The molecule has 0 radical (unpaired) electrons. The SMILES string of the molecule is CC1=C(C(=O)Nc2ccccc2C)C(c2ccc(N(C)C)cc2)n2c(s/c(=C/c3cnn(C)c3)c2=O)=N1. The Balaban J connectivity index is 1.67. The molecule has 1 N–H and O–H groups in total. The van der Waals surface area contributed by atoms with Crippen LogP contribution in [0.1, 0.15) is 29.7 Å². The molecular formula is C28H28N6O2S. The minimum absolute atomic E-state index is 0.192. The molecule has 0 saturated carbocycles. The number of fused-ring (bicyclic) bond motifs is 1. The molecule has 1 atom stereocenters. The number of aryl methyl sites for hydroxylation is 2. The Kier molecular flexibility index (Phi) is 6.39. The van der Waals surface area contributed by atoms with Gasteiger partial charge in [0.25, 0.3) is 11.5 Å². The summed E-state index contributed by atoms with van der Waals surface area (Å²) in [6.45, 7) is 3.77. The Morgan fingerprint density at radius 3 is 2.49 bits per heavy atom. The van der Waals surface area contributed by atoms with E-state index in [0.717, 1.165) is 28.1 Å². The van der Waals surface area contributed by atoms with Crippen molar-refractivity contribution < 1.29 is 4.79 Å². The van der Waals surface area contributed by atoms with Gasteiger partial charge < -0.3 is 10.2 Å². The lowest BCUT2D eigenvalue weighted by Crippen LogP contribution is -2.40. The van der Waals surface area contributed by atoms with E-state index < -0.39 is 6.04 Å². The Morgan fingerprint density at radius 1 is 1.11 bits per heavy atom. The molecule has 9 heteroatoms. The van der Waals surface area contributed by atoms with Crippen molar-refractivity contribution in [1.29, 1.82) is 0 Å². The highest BCUT2D eigenvalue weighted by Gasteiger charge is 2.32. The third-order valence-electron chi connectivity index (χ3n) is 6.41. The molecule has 0 fully saturated rings. The first-order valence-electron chi connectivity index (χ1n) is 11.9. The van der Waals surface area contributed by atoms with Crippen molar-refractivity contribution in [1.82, 2.24) is 14.3 Å². The summed E-state index contributed by atoms with van der Waals surface area (Å²) in [5.74, 6) is -0.279. The number of carbonyl (C=O) groups is 1. The predicted molar refractivity (Wildman–Crippen MR) is 148 cm³/mol. The van der Waals surface area contributed by atoms with Crippen molar-refractivity contribution in [3.8, 4) is 0 Å². The summed E-state index contributed by atoms with van der Waals surface area (Å²) in [7, 11) is 5.78. The van der Waals surface area contributed by atoms with Crippen LogP contribution in [0.3, 0.4) is 0 Å². The van der Waals surface area contributed by atoms with Gasteiger partial charge in [-0.1, -0.05) is 41.7 Å². The number of benzene rings is 2. The molecule has 0 bridgehead atoms. The number of anilines is 2. The number of nitrogens with zero attached hydrogens (tertiary/aromatic N) is 5. The molecule has 0 saturated heterocycles. The summed E-state index contributed by atoms with van der Waals surface area (Å²) in [6.07, 6.45) is 5.37. The Hall–Kier alpha value is -4.24. The second kappa shape index (κ2) is 9.67. The van der Waals surface area contributed by atoms with Crippen molar-refractivity contribution in [3.63, 3.8) is 0 Å². The van der Waals surface area contributed by atoms with Gasteiger partial charge in [-0.3, -0.25) is 18.8 Å². The Morgan fingerprint density at radius 2 is 1.84 bits per heavy atom. The largest absolute Gasteiger partial charge is 0.378 e.